The number of fused-ring (bicyclic) bond motifs is 3. The summed E-state index contributed by atoms with van der Waals surface area (Å²) < 4.78 is 10.4. The summed E-state index contributed by atoms with van der Waals surface area (Å²) in [4.78, 5) is 31.9. The first-order valence-electron chi connectivity index (χ1n) is 8.82. The number of rotatable bonds is 6. The zero-order valence-corrected chi connectivity index (χ0v) is 15.2. The van der Waals surface area contributed by atoms with Crippen LogP contribution in [-0.4, -0.2) is 35.1 Å². The lowest BCUT2D eigenvalue weighted by Gasteiger charge is -2.06. The number of H-pyrrole nitrogens is 1. The summed E-state index contributed by atoms with van der Waals surface area (Å²) >= 11 is 0. The molecule has 0 aliphatic rings. The first-order chi connectivity index (χ1) is 12.6. The average molecular weight is 354 g/mol. The van der Waals surface area contributed by atoms with Gasteiger partial charge in [0.05, 0.1) is 30.5 Å². The Kier molecular flexibility index (Phi) is 5.21. The van der Waals surface area contributed by atoms with Crippen LogP contribution in [0.5, 0.6) is 0 Å². The number of carbonyl (C=O) groups is 2. The number of ether oxygens (including phenoxy) is 2. The maximum absolute atomic E-state index is 12.2. The summed E-state index contributed by atoms with van der Waals surface area (Å²) in [5, 5.41) is 1.72. The Morgan fingerprint density at radius 2 is 1.92 bits per heavy atom. The van der Waals surface area contributed by atoms with Crippen molar-refractivity contribution in [1.29, 1.82) is 0 Å². The third-order valence-corrected chi connectivity index (χ3v) is 4.32. The lowest BCUT2D eigenvalue weighted by molar-refractivity contribution is 0.0496. The van der Waals surface area contributed by atoms with E-state index in [0.717, 1.165) is 40.2 Å². The van der Waals surface area contributed by atoms with Gasteiger partial charge < -0.3 is 14.5 Å². The Morgan fingerprint density at radius 3 is 2.65 bits per heavy atom. The number of hydrogen-bond acceptors (Lipinski definition) is 5. The molecule has 3 rings (SSSR count). The van der Waals surface area contributed by atoms with Crippen LogP contribution in [0, 0.1) is 6.92 Å². The van der Waals surface area contributed by atoms with E-state index in [1.807, 2.05) is 19.9 Å². The van der Waals surface area contributed by atoms with Crippen LogP contribution in [0.4, 0.5) is 0 Å². The second kappa shape index (κ2) is 7.56. The van der Waals surface area contributed by atoms with E-state index in [1.165, 1.54) is 0 Å². The van der Waals surface area contributed by atoms with Crippen molar-refractivity contribution in [2.24, 2.45) is 0 Å². The molecule has 1 N–H and O–H groups in total. The number of benzene rings is 1. The van der Waals surface area contributed by atoms with Crippen LogP contribution in [-0.2, 0) is 9.47 Å². The Balaban J connectivity index is 2.07. The van der Waals surface area contributed by atoms with Crippen LogP contribution in [0.15, 0.2) is 24.4 Å². The van der Waals surface area contributed by atoms with Crippen molar-refractivity contribution in [1.82, 2.24) is 9.97 Å². The zero-order valence-electron chi connectivity index (χ0n) is 15.2. The summed E-state index contributed by atoms with van der Waals surface area (Å²) in [5.41, 5.74) is 3.18. The fourth-order valence-corrected chi connectivity index (χ4v) is 2.98. The van der Waals surface area contributed by atoms with Crippen molar-refractivity contribution in [3.8, 4) is 0 Å². The first kappa shape index (κ1) is 17.9. The van der Waals surface area contributed by atoms with Gasteiger partial charge in [0, 0.05) is 16.3 Å². The largest absolute Gasteiger partial charge is 0.462 e. The fourth-order valence-electron chi connectivity index (χ4n) is 2.98. The monoisotopic (exact) mass is 354 g/mol. The molecule has 2 heterocycles. The van der Waals surface area contributed by atoms with Gasteiger partial charge in [0.15, 0.2) is 5.69 Å². The number of nitrogens with one attached hydrogen (secondary N) is 1. The molecule has 0 unspecified atom stereocenters. The van der Waals surface area contributed by atoms with Crippen LogP contribution in [0.2, 0.25) is 0 Å². The van der Waals surface area contributed by atoms with Gasteiger partial charge in [0.25, 0.3) is 0 Å². The minimum absolute atomic E-state index is 0.288. The standard InChI is InChI=1S/C20H22N2O4/c1-4-6-9-26-19(23)13-7-8-15-14(10-13)17-12(3)18(20(24)25-5-2)21-11-16(17)22-15/h7-8,10-11,22H,4-6,9H2,1-3H3. The maximum atomic E-state index is 12.2. The molecule has 3 aromatic rings. The van der Waals surface area contributed by atoms with Crippen LogP contribution in [0.1, 0.15) is 53.1 Å². The average Bonchev–Trinajstić information content (AvgIpc) is 3.00. The number of aromatic amines is 1. The van der Waals surface area contributed by atoms with Crippen LogP contribution < -0.4 is 0 Å². The zero-order chi connectivity index (χ0) is 18.7. The van der Waals surface area contributed by atoms with E-state index in [0.29, 0.717) is 18.8 Å². The Hall–Kier alpha value is -2.89. The molecule has 0 atom stereocenters. The second-order valence-corrected chi connectivity index (χ2v) is 6.12. The minimum atomic E-state index is -0.448. The predicted octanol–water partition coefficient (Wildman–Crippen LogP) is 4.16. The van der Waals surface area contributed by atoms with Gasteiger partial charge in [0.1, 0.15) is 0 Å². The number of nitrogens with zero attached hydrogens (tertiary/aromatic N) is 1. The Morgan fingerprint density at radius 1 is 1.12 bits per heavy atom. The van der Waals surface area contributed by atoms with Gasteiger partial charge in [-0.05, 0) is 44.0 Å². The van der Waals surface area contributed by atoms with E-state index in [2.05, 4.69) is 9.97 Å². The molecule has 0 fully saturated rings. The second-order valence-electron chi connectivity index (χ2n) is 6.12. The van der Waals surface area contributed by atoms with Crippen molar-refractivity contribution < 1.29 is 19.1 Å². The molecule has 0 aliphatic carbocycles. The molecule has 0 spiro atoms. The number of carbonyl (C=O) groups excluding carboxylic acids is 2. The van der Waals surface area contributed by atoms with E-state index >= 15 is 0 Å². The first-order valence-corrected chi connectivity index (χ1v) is 8.82. The highest BCUT2D eigenvalue weighted by Gasteiger charge is 2.18. The lowest BCUT2D eigenvalue weighted by Crippen LogP contribution is -2.09. The Labute approximate surface area is 151 Å². The number of unbranched alkanes of at least 4 members (excludes halogenated alkanes) is 1. The van der Waals surface area contributed by atoms with Crippen molar-refractivity contribution >= 4 is 33.7 Å². The molecule has 6 nitrogen and oxygen atoms in total. The number of hydrogen-bond donors (Lipinski definition) is 1. The van der Waals surface area contributed by atoms with E-state index in [1.54, 1.807) is 25.3 Å². The quantitative estimate of drug-likeness (QED) is 0.531. The van der Waals surface area contributed by atoms with Gasteiger partial charge in [-0.1, -0.05) is 13.3 Å². The van der Waals surface area contributed by atoms with E-state index < -0.39 is 5.97 Å². The van der Waals surface area contributed by atoms with Gasteiger partial charge in [-0.25, -0.2) is 14.6 Å². The molecular weight excluding hydrogens is 332 g/mol. The van der Waals surface area contributed by atoms with E-state index in [-0.39, 0.29) is 11.7 Å². The summed E-state index contributed by atoms with van der Waals surface area (Å²) in [7, 11) is 0. The highest BCUT2D eigenvalue weighted by molar-refractivity contribution is 6.12. The molecule has 26 heavy (non-hydrogen) atoms. The molecule has 136 valence electrons. The third-order valence-electron chi connectivity index (χ3n) is 4.32. The van der Waals surface area contributed by atoms with Gasteiger partial charge in [-0.15, -0.1) is 0 Å². The third kappa shape index (κ3) is 3.27. The van der Waals surface area contributed by atoms with Gasteiger partial charge in [-0.2, -0.15) is 0 Å². The molecule has 0 radical (unpaired) electrons. The van der Waals surface area contributed by atoms with Crippen molar-refractivity contribution in [3.63, 3.8) is 0 Å². The van der Waals surface area contributed by atoms with E-state index in [9.17, 15) is 9.59 Å². The molecule has 0 saturated carbocycles. The Bertz CT molecular complexity index is 975. The van der Waals surface area contributed by atoms with Gasteiger partial charge in [0.2, 0.25) is 0 Å². The summed E-state index contributed by atoms with van der Waals surface area (Å²) in [6, 6.07) is 5.38. The number of aromatic nitrogens is 2. The highest BCUT2D eigenvalue weighted by Crippen LogP contribution is 2.30. The predicted molar refractivity (Wildman–Crippen MR) is 99.5 cm³/mol. The summed E-state index contributed by atoms with van der Waals surface area (Å²) in [5.74, 6) is -0.789. The minimum Gasteiger partial charge on any atom is -0.462 e. The number of pyridine rings is 1. The summed E-state index contributed by atoms with van der Waals surface area (Å²) in [6.07, 6.45) is 3.43. The van der Waals surface area contributed by atoms with Gasteiger partial charge in [-0.3, -0.25) is 0 Å². The highest BCUT2D eigenvalue weighted by atomic mass is 16.5. The molecule has 1 aromatic carbocycles. The molecular formula is C20H22N2O4. The molecule has 0 saturated heterocycles. The summed E-state index contributed by atoms with van der Waals surface area (Å²) in [6.45, 7) is 6.34. The molecule has 2 aromatic heterocycles. The topological polar surface area (TPSA) is 81.3 Å². The van der Waals surface area contributed by atoms with Crippen molar-refractivity contribution in [3.05, 3.63) is 41.2 Å². The van der Waals surface area contributed by atoms with Crippen LogP contribution >= 0.6 is 0 Å². The van der Waals surface area contributed by atoms with Crippen LogP contribution in [0.25, 0.3) is 21.8 Å². The fraction of sp³-hybridized carbons (Fsp3) is 0.350. The molecule has 0 amide bonds. The SMILES string of the molecule is CCCCOC(=O)c1ccc2[nH]c3cnc(C(=O)OCC)c(C)c3c2c1. The van der Waals surface area contributed by atoms with Crippen LogP contribution in [0.3, 0.4) is 0 Å². The number of esters is 2. The van der Waals surface area contributed by atoms with Crippen molar-refractivity contribution in [2.75, 3.05) is 13.2 Å². The van der Waals surface area contributed by atoms with Gasteiger partial charge >= 0.3 is 11.9 Å². The van der Waals surface area contributed by atoms with E-state index in [4.69, 9.17) is 9.47 Å². The smallest absolute Gasteiger partial charge is 0.357 e. The number of aryl methyl sites for hydroxylation is 1. The molecule has 6 heteroatoms. The molecule has 0 bridgehead atoms. The normalized spacial score (nSPS) is 11.0. The van der Waals surface area contributed by atoms with Crippen molar-refractivity contribution in [2.45, 2.75) is 33.6 Å². The maximum Gasteiger partial charge on any atom is 0.357 e. The molecule has 0 aliphatic heterocycles. The lowest BCUT2D eigenvalue weighted by atomic mass is 10.0.